The molecule has 1 aromatic heterocycles. The van der Waals surface area contributed by atoms with Gasteiger partial charge >= 0.3 is 5.69 Å². The summed E-state index contributed by atoms with van der Waals surface area (Å²) in [6.07, 6.45) is 0. The molecule has 0 fully saturated rings. The van der Waals surface area contributed by atoms with E-state index in [-0.39, 0.29) is 25.5 Å². The molecule has 0 bridgehead atoms. The molecule has 0 aliphatic rings. The maximum atomic E-state index is 13.6. The van der Waals surface area contributed by atoms with Gasteiger partial charge in [-0.05, 0) is 53.6 Å². The van der Waals surface area contributed by atoms with Crippen molar-refractivity contribution < 1.29 is 14.3 Å². The van der Waals surface area contributed by atoms with Crippen molar-refractivity contribution >= 4 is 40.0 Å². The van der Waals surface area contributed by atoms with Crippen molar-refractivity contribution in [2.24, 2.45) is 0 Å². The normalized spacial score (nSPS) is 10.8. The number of aromatic nitrogens is 2. The molecule has 0 saturated heterocycles. The van der Waals surface area contributed by atoms with Crippen molar-refractivity contribution in [1.29, 1.82) is 0 Å². The zero-order valence-corrected chi connectivity index (χ0v) is 23.4. The summed E-state index contributed by atoms with van der Waals surface area (Å²) in [6.45, 7) is -0.0689. The molecule has 2 amide bonds. The second kappa shape index (κ2) is 12.6. The minimum Gasteiger partial charge on any atom is -0.497 e. The van der Waals surface area contributed by atoms with Crippen LogP contribution in [0.5, 0.6) is 5.75 Å². The molecular weight excluding hydrogens is 556 g/mol. The van der Waals surface area contributed by atoms with Crippen LogP contribution in [0.2, 0.25) is 5.02 Å². The van der Waals surface area contributed by atoms with E-state index < -0.39 is 17.2 Å². The number of nitrogens with one attached hydrogen (secondary N) is 2. The lowest BCUT2D eigenvalue weighted by atomic mass is 10.1. The van der Waals surface area contributed by atoms with Gasteiger partial charge in [-0.25, -0.2) is 4.79 Å². The number of carbonyl (C=O) groups excluding carboxylic acids is 2. The Hall–Kier alpha value is -5.15. The van der Waals surface area contributed by atoms with E-state index in [4.69, 9.17) is 16.3 Å². The van der Waals surface area contributed by atoms with Gasteiger partial charge < -0.3 is 15.4 Å². The number of carbonyl (C=O) groups is 2. The van der Waals surface area contributed by atoms with E-state index in [2.05, 4.69) is 10.6 Å². The first-order valence-electron chi connectivity index (χ1n) is 13.1. The maximum Gasteiger partial charge on any atom is 0.332 e. The lowest BCUT2D eigenvalue weighted by molar-refractivity contribution is -0.116. The van der Waals surface area contributed by atoms with Crippen LogP contribution in [0.1, 0.15) is 21.5 Å². The summed E-state index contributed by atoms with van der Waals surface area (Å²) in [5.74, 6) is -0.144. The van der Waals surface area contributed by atoms with Gasteiger partial charge in [-0.15, -0.1) is 0 Å². The molecule has 9 nitrogen and oxygen atoms in total. The maximum absolute atomic E-state index is 13.6. The number of rotatable bonds is 9. The smallest absolute Gasteiger partial charge is 0.332 e. The fourth-order valence-electron chi connectivity index (χ4n) is 4.57. The number of anilines is 1. The molecule has 212 valence electrons. The molecule has 5 rings (SSSR count). The van der Waals surface area contributed by atoms with Gasteiger partial charge in [-0.1, -0.05) is 60.1 Å². The van der Waals surface area contributed by atoms with Crippen molar-refractivity contribution in [1.82, 2.24) is 14.5 Å². The van der Waals surface area contributed by atoms with Gasteiger partial charge in [0.2, 0.25) is 5.91 Å². The highest BCUT2D eigenvalue weighted by atomic mass is 35.5. The number of para-hydroxylation sites is 1. The van der Waals surface area contributed by atoms with E-state index in [0.717, 1.165) is 10.1 Å². The molecule has 0 aliphatic heterocycles. The van der Waals surface area contributed by atoms with Crippen LogP contribution in [0.25, 0.3) is 10.9 Å². The first-order chi connectivity index (χ1) is 20.3. The summed E-state index contributed by atoms with van der Waals surface area (Å²) >= 11 is 6.17. The van der Waals surface area contributed by atoms with Gasteiger partial charge in [0.1, 0.15) is 12.3 Å². The average Bonchev–Trinajstić information content (AvgIpc) is 3.01. The van der Waals surface area contributed by atoms with Gasteiger partial charge in [0.05, 0.1) is 24.6 Å². The fraction of sp³-hybridized carbons (Fsp3) is 0.125. The lowest BCUT2D eigenvalue weighted by Gasteiger charge is -2.15. The van der Waals surface area contributed by atoms with Gasteiger partial charge in [-0.2, -0.15) is 0 Å². The molecule has 42 heavy (non-hydrogen) atoms. The summed E-state index contributed by atoms with van der Waals surface area (Å²) in [7, 11) is 1.53. The predicted octanol–water partition coefficient (Wildman–Crippen LogP) is 4.44. The Morgan fingerprint density at radius 1 is 0.857 bits per heavy atom. The van der Waals surface area contributed by atoms with E-state index >= 15 is 0 Å². The van der Waals surface area contributed by atoms with Crippen molar-refractivity contribution in [2.75, 3.05) is 12.4 Å². The summed E-state index contributed by atoms with van der Waals surface area (Å²) in [5.41, 5.74) is 1.63. The van der Waals surface area contributed by atoms with Crippen LogP contribution in [0.15, 0.2) is 107 Å². The summed E-state index contributed by atoms with van der Waals surface area (Å²) in [4.78, 5) is 52.5. The largest absolute Gasteiger partial charge is 0.497 e. The second-order valence-corrected chi connectivity index (χ2v) is 9.94. The number of amides is 2. The van der Waals surface area contributed by atoms with Crippen LogP contribution >= 0.6 is 11.6 Å². The number of halogens is 1. The second-order valence-electron chi connectivity index (χ2n) is 9.53. The van der Waals surface area contributed by atoms with E-state index in [9.17, 15) is 19.2 Å². The quantitative estimate of drug-likeness (QED) is 0.267. The van der Waals surface area contributed by atoms with E-state index in [1.54, 1.807) is 78.9 Å². The van der Waals surface area contributed by atoms with Crippen LogP contribution < -0.4 is 26.6 Å². The molecule has 0 spiro atoms. The Kier molecular flexibility index (Phi) is 8.50. The number of fused-ring (bicyclic) bond motifs is 1. The van der Waals surface area contributed by atoms with Crippen molar-refractivity contribution in [3.8, 4) is 5.75 Å². The summed E-state index contributed by atoms with van der Waals surface area (Å²) in [5, 5.41) is 6.48. The molecule has 5 aromatic rings. The minimum atomic E-state index is -0.624. The highest BCUT2D eigenvalue weighted by molar-refractivity contribution is 6.31. The molecule has 0 saturated carbocycles. The highest BCUT2D eigenvalue weighted by Crippen LogP contribution is 2.17. The van der Waals surface area contributed by atoms with Crippen LogP contribution in [0, 0.1) is 0 Å². The number of benzene rings is 4. The van der Waals surface area contributed by atoms with Gasteiger partial charge in [0.15, 0.2) is 0 Å². The van der Waals surface area contributed by atoms with E-state index in [1.165, 1.54) is 11.7 Å². The van der Waals surface area contributed by atoms with E-state index in [1.807, 2.05) is 18.2 Å². The van der Waals surface area contributed by atoms with Gasteiger partial charge in [-0.3, -0.25) is 23.5 Å². The summed E-state index contributed by atoms with van der Waals surface area (Å²) in [6, 6.07) is 27.4. The third-order valence-corrected chi connectivity index (χ3v) is 7.11. The Balaban J connectivity index is 1.37. The predicted molar refractivity (Wildman–Crippen MR) is 162 cm³/mol. The lowest BCUT2D eigenvalue weighted by Crippen LogP contribution is -2.42. The minimum absolute atomic E-state index is 0.0402. The highest BCUT2D eigenvalue weighted by Gasteiger charge is 2.16. The molecule has 1 heterocycles. The number of nitrogens with zero attached hydrogens (tertiary/aromatic N) is 2. The zero-order chi connectivity index (χ0) is 29.6. The van der Waals surface area contributed by atoms with Crippen LogP contribution in [-0.2, 0) is 24.4 Å². The fourth-order valence-corrected chi connectivity index (χ4v) is 4.77. The topological polar surface area (TPSA) is 111 Å². The Morgan fingerprint density at radius 2 is 1.60 bits per heavy atom. The first-order valence-corrected chi connectivity index (χ1v) is 13.5. The molecule has 0 unspecified atom stereocenters. The molecule has 2 N–H and O–H groups in total. The van der Waals surface area contributed by atoms with Crippen LogP contribution in [0.3, 0.4) is 0 Å². The third-order valence-electron chi connectivity index (χ3n) is 6.74. The standard InChI is InChI=1S/C32H27ClN4O5/c1-42-25-9-6-8-24(17-25)35-29(38)20-36-28-12-5-3-10-26(28)31(40)37(32(36)41)19-21-13-15-22(16-14-21)30(39)34-18-23-7-2-4-11-27(23)33/h2-17H,18-20H2,1H3,(H,34,39)(H,35,38). The number of ether oxygens (including phenoxy) is 1. The van der Waals surface area contributed by atoms with Crippen molar-refractivity contribution in [3.63, 3.8) is 0 Å². The van der Waals surface area contributed by atoms with Crippen molar-refractivity contribution in [3.05, 3.63) is 140 Å². The van der Waals surface area contributed by atoms with Crippen molar-refractivity contribution in [2.45, 2.75) is 19.6 Å². The van der Waals surface area contributed by atoms with Gasteiger partial charge in [0, 0.05) is 28.9 Å². The average molecular weight is 583 g/mol. The number of methoxy groups -OCH3 is 1. The number of hydrogen-bond acceptors (Lipinski definition) is 5. The van der Waals surface area contributed by atoms with Crippen LogP contribution in [-0.4, -0.2) is 28.1 Å². The summed E-state index contributed by atoms with van der Waals surface area (Å²) < 4.78 is 7.57. The van der Waals surface area contributed by atoms with E-state index in [0.29, 0.717) is 38.5 Å². The Labute approximate surface area is 245 Å². The molecule has 10 heteroatoms. The molecule has 0 atom stereocenters. The zero-order valence-electron chi connectivity index (χ0n) is 22.7. The van der Waals surface area contributed by atoms with Gasteiger partial charge in [0.25, 0.3) is 11.5 Å². The molecule has 4 aromatic carbocycles. The molecular formula is C32H27ClN4O5. The Morgan fingerprint density at radius 3 is 2.36 bits per heavy atom. The third kappa shape index (κ3) is 6.26. The Bertz CT molecular complexity index is 1900. The van der Waals surface area contributed by atoms with Crippen LogP contribution in [0.4, 0.5) is 5.69 Å². The molecule has 0 radical (unpaired) electrons. The number of hydrogen-bond donors (Lipinski definition) is 2. The first kappa shape index (κ1) is 28.4. The SMILES string of the molecule is COc1cccc(NC(=O)Cn2c(=O)n(Cc3ccc(C(=O)NCc4ccccc4Cl)cc3)c(=O)c3ccccc32)c1. The molecule has 0 aliphatic carbocycles. The monoisotopic (exact) mass is 582 g/mol.